The van der Waals surface area contributed by atoms with Crippen molar-refractivity contribution in [1.29, 1.82) is 0 Å². The van der Waals surface area contributed by atoms with Gasteiger partial charge in [-0.2, -0.15) is 4.80 Å². The van der Waals surface area contributed by atoms with E-state index in [1.54, 1.807) is 4.80 Å². The summed E-state index contributed by atoms with van der Waals surface area (Å²) >= 11 is 0. The fraction of sp³-hybridized carbons (Fsp3) is 0.895. The topological polar surface area (TPSA) is 137 Å². The zero-order valence-corrected chi connectivity index (χ0v) is 31.6. The number of hydrogen-bond acceptors (Lipinski definition) is 8. The highest BCUT2D eigenvalue weighted by molar-refractivity contribution is 5.73. The molecule has 2 heterocycles. The van der Waals surface area contributed by atoms with Gasteiger partial charge < -0.3 is 25.6 Å². The van der Waals surface area contributed by atoms with Crippen LogP contribution >= 0.6 is 0 Å². The lowest BCUT2D eigenvalue weighted by atomic mass is 9.34. The Labute approximate surface area is 288 Å². The van der Waals surface area contributed by atoms with Gasteiger partial charge in [-0.25, -0.2) is 0 Å². The minimum absolute atomic E-state index is 0.143. The van der Waals surface area contributed by atoms with Gasteiger partial charge in [-0.1, -0.05) is 79.1 Å². The third-order valence-electron chi connectivity index (χ3n) is 15.9. The molecule has 1 aromatic heterocycles. The Morgan fingerprint density at radius 3 is 2.46 bits per heavy atom. The lowest BCUT2D eigenvalue weighted by molar-refractivity contribution is -0.253. The van der Waals surface area contributed by atoms with E-state index in [1.807, 2.05) is 7.05 Å². The minimum atomic E-state index is -0.626. The van der Waals surface area contributed by atoms with Crippen LogP contribution in [0.15, 0.2) is 11.6 Å². The van der Waals surface area contributed by atoms with E-state index in [0.717, 1.165) is 38.5 Å². The Morgan fingerprint density at radius 2 is 1.85 bits per heavy atom. The molecule has 1 saturated heterocycles. The number of tetrazole rings is 1. The molecule has 0 aromatic carbocycles. The summed E-state index contributed by atoms with van der Waals surface area (Å²) in [6.45, 7) is 24.2. The van der Waals surface area contributed by atoms with E-state index in [1.165, 1.54) is 5.57 Å². The molecule has 0 amide bonds. The van der Waals surface area contributed by atoms with E-state index >= 15 is 0 Å². The van der Waals surface area contributed by atoms with Crippen LogP contribution in [-0.4, -0.2) is 69.8 Å². The van der Waals surface area contributed by atoms with Crippen molar-refractivity contribution in [2.45, 2.75) is 125 Å². The summed E-state index contributed by atoms with van der Waals surface area (Å²) in [5, 5.41) is 27.8. The quantitative estimate of drug-likeness (QED) is 0.249. The zero-order chi connectivity index (χ0) is 35.2. The fourth-order valence-corrected chi connectivity index (χ4v) is 12.0. The lowest BCUT2D eigenvalue weighted by Gasteiger charge is -2.71. The number of carboxylic acids is 1. The molecule has 2 bridgehead atoms. The van der Waals surface area contributed by atoms with Crippen molar-refractivity contribution in [3.8, 4) is 0 Å². The standard InChI is InChI=1S/C38H64N6O4/c1-22(2)24(5)33(6)16-17-35(8)25-12-13-28-34(7)19-47-21-38(28,26(25)14-15-36(35,9)29(33)31(45)46)18-27(44-42-32(40-11)41-43-44)30(34)48-20-37(10,39)23(3)4/h14,22-25,27-30H,12-13,15-21,39H2,1-11H3,(H,40,42)(H,45,46)/t24-,25+,27-,28+,29-,30+,33-,34-,35-,36+,37?,38+/m1/s1. The van der Waals surface area contributed by atoms with Crippen LogP contribution in [0.2, 0.25) is 0 Å². The van der Waals surface area contributed by atoms with Crippen LogP contribution in [0, 0.1) is 62.6 Å². The van der Waals surface area contributed by atoms with E-state index in [9.17, 15) is 9.90 Å². The number of aliphatic carboxylic acids is 1. The number of nitrogens with two attached hydrogens (primary N) is 1. The van der Waals surface area contributed by atoms with E-state index in [2.05, 4.69) is 90.9 Å². The molecular weight excluding hydrogens is 604 g/mol. The lowest BCUT2D eigenvalue weighted by Crippen LogP contribution is -2.69. The third kappa shape index (κ3) is 4.88. The molecule has 1 unspecified atom stereocenters. The van der Waals surface area contributed by atoms with Crippen LogP contribution in [0.25, 0.3) is 0 Å². The molecule has 0 radical (unpaired) electrons. The number of carboxylic acid groups (broad SMARTS) is 1. The van der Waals surface area contributed by atoms with Crippen molar-refractivity contribution >= 4 is 11.9 Å². The Kier molecular flexibility index (Phi) is 8.76. The van der Waals surface area contributed by atoms with Crippen LogP contribution in [0.5, 0.6) is 0 Å². The van der Waals surface area contributed by atoms with Crippen LogP contribution in [-0.2, 0) is 14.3 Å². The SMILES string of the molecule is CNc1nnn([C@@H]2C[C@@]34COC[C@](C)([C@@H]3CC[C@H]3C4=CC[C@@]4(C)[C@H](C(=O)O)[C@@](C)([C@H](C)C(C)C)CC[C@]34C)[C@H]2OCC(C)(N)C(C)C)n1. The zero-order valence-electron chi connectivity index (χ0n) is 31.6. The van der Waals surface area contributed by atoms with Crippen LogP contribution in [0.4, 0.5) is 5.95 Å². The first-order valence-corrected chi connectivity index (χ1v) is 18.7. The average Bonchev–Trinajstić information content (AvgIpc) is 3.49. The summed E-state index contributed by atoms with van der Waals surface area (Å²) < 4.78 is 13.7. The summed E-state index contributed by atoms with van der Waals surface area (Å²) in [6, 6.07) is -0.151. The molecule has 270 valence electrons. The van der Waals surface area contributed by atoms with Gasteiger partial charge in [-0.15, -0.1) is 5.10 Å². The second-order valence-corrected chi connectivity index (χ2v) is 18.7. The fourth-order valence-electron chi connectivity index (χ4n) is 12.0. The van der Waals surface area contributed by atoms with Crippen molar-refractivity contribution in [3.05, 3.63) is 11.6 Å². The van der Waals surface area contributed by atoms with E-state index in [4.69, 9.17) is 20.3 Å². The first kappa shape index (κ1) is 35.8. The summed E-state index contributed by atoms with van der Waals surface area (Å²) in [7, 11) is 1.81. The van der Waals surface area contributed by atoms with Gasteiger partial charge in [0.2, 0.25) is 0 Å². The number of nitrogens with zero attached hydrogens (tertiary/aromatic N) is 4. The number of anilines is 1. The second kappa shape index (κ2) is 11.8. The number of ether oxygens (including phenoxy) is 2. The maximum absolute atomic E-state index is 13.4. The van der Waals surface area contributed by atoms with Gasteiger partial charge in [-0.05, 0) is 96.5 Å². The van der Waals surface area contributed by atoms with Gasteiger partial charge in [0.1, 0.15) is 6.04 Å². The predicted molar refractivity (Wildman–Crippen MR) is 187 cm³/mol. The molecule has 4 fully saturated rings. The molecule has 48 heavy (non-hydrogen) atoms. The Balaban J connectivity index is 1.45. The smallest absolute Gasteiger partial charge is 0.307 e. The van der Waals surface area contributed by atoms with Gasteiger partial charge in [0.05, 0.1) is 31.8 Å². The normalized spacial score (nSPS) is 44.2. The summed E-state index contributed by atoms with van der Waals surface area (Å²) in [5.74, 6) is 1.09. The van der Waals surface area contributed by atoms with Gasteiger partial charge >= 0.3 is 5.97 Å². The van der Waals surface area contributed by atoms with E-state index in [0.29, 0.717) is 49.4 Å². The highest BCUT2D eigenvalue weighted by Crippen LogP contribution is 2.75. The molecule has 4 N–H and O–H groups in total. The number of fused-ring (bicyclic) bond motifs is 3. The van der Waals surface area contributed by atoms with Gasteiger partial charge in [0.15, 0.2) is 0 Å². The van der Waals surface area contributed by atoms with Gasteiger partial charge in [0.25, 0.3) is 5.95 Å². The van der Waals surface area contributed by atoms with Crippen molar-refractivity contribution in [2.75, 3.05) is 32.2 Å². The van der Waals surface area contributed by atoms with Crippen molar-refractivity contribution in [3.63, 3.8) is 0 Å². The van der Waals surface area contributed by atoms with Crippen molar-refractivity contribution in [1.82, 2.24) is 20.2 Å². The molecular formula is C38H64N6O4. The maximum Gasteiger partial charge on any atom is 0.307 e. The Hall–Kier alpha value is -2.04. The van der Waals surface area contributed by atoms with Gasteiger partial charge in [0, 0.05) is 23.4 Å². The number of hydrogen-bond donors (Lipinski definition) is 3. The highest BCUT2D eigenvalue weighted by atomic mass is 16.5. The number of aromatic nitrogens is 4. The summed E-state index contributed by atoms with van der Waals surface area (Å²) in [4.78, 5) is 15.2. The molecule has 1 aliphatic heterocycles. The molecule has 0 spiro atoms. The molecule has 1 aromatic rings. The van der Waals surface area contributed by atoms with Crippen LogP contribution in [0.1, 0.15) is 114 Å². The number of nitrogens with one attached hydrogen (secondary N) is 1. The van der Waals surface area contributed by atoms with Crippen molar-refractivity contribution < 1.29 is 19.4 Å². The van der Waals surface area contributed by atoms with Crippen LogP contribution in [0.3, 0.4) is 0 Å². The molecule has 10 nitrogen and oxygen atoms in total. The molecule has 6 rings (SSSR count). The predicted octanol–water partition coefficient (Wildman–Crippen LogP) is 6.60. The maximum atomic E-state index is 13.4. The summed E-state index contributed by atoms with van der Waals surface area (Å²) in [6.07, 6.45) is 7.95. The molecule has 5 aliphatic rings. The van der Waals surface area contributed by atoms with E-state index < -0.39 is 17.4 Å². The van der Waals surface area contributed by atoms with Gasteiger partial charge in [-0.3, -0.25) is 4.79 Å². The summed E-state index contributed by atoms with van der Waals surface area (Å²) in [5.41, 5.74) is 6.52. The highest BCUT2D eigenvalue weighted by Gasteiger charge is 2.72. The number of rotatable bonds is 9. The monoisotopic (exact) mass is 668 g/mol. The first-order valence-electron chi connectivity index (χ1n) is 18.7. The Bertz CT molecular complexity index is 1430. The number of allylic oxidation sites excluding steroid dienone is 1. The third-order valence-corrected chi connectivity index (χ3v) is 15.9. The molecule has 10 heteroatoms. The second-order valence-electron chi connectivity index (χ2n) is 18.7. The van der Waals surface area contributed by atoms with E-state index in [-0.39, 0.29) is 45.1 Å². The van der Waals surface area contributed by atoms with Crippen LogP contribution < -0.4 is 11.1 Å². The average molecular weight is 669 g/mol. The molecule has 4 aliphatic carbocycles. The minimum Gasteiger partial charge on any atom is -0.481 e. The molecule has 12 atom stereocenters. The first-order chi connectivity index (χ1) is 22.3. The molecule has 3 saturated carbocycles. The van der Waals surface area contributed by atoms with Crippen molar-refractivity contribution in [2.24, 2.45) is 68.3 Å². The Morgan fingerprint density at radius 1 is 1.15 bits per heavy atom. The largest absolute Gasteiger partial charge is 0.481 e. The number of carbonyl (C=O) groups is 1.